The lowest BCUT2D eigenvalue weighted by Gasteiger charge is -2.32. The van der Waals surface area contributed by atoms with Crippen LogP contribution >= 0.6 is 12.6 Å². The van der Waals surface area contributed by atoms with Crippen LogP contribution < -0.4 is 5.32 Å². The van der Waals surface area contributed by atoms with Crippen LogP contribution in [0.25, 0.3) is 0 Å². The Hall–Kier alpha value is -1.07. The number of halogens is 1. The molecule has 0 radical (unpaired) electrons. The Morgan fingerprint density at radius 2 is 2.10 bits per heavy atom. The molecule has 1 aromatic carbocycles. The average Bonchev–Trinajstić information content (AvgIpc) is 2.47. The highest BCUT2D eigenvalue weighted by Crippen LogP contribution is 2.14. The molecule has 110 valence electrons. The predicted octanol–water partition coefficient (Wildman–Crippen LogP) is 2.72. The highest BCUT2D eigenvalue weighted by atomic mass is 32.1. The number of carbonyl (C=O) groups is 1. The molecule has 1 atom stereocenters. The third-order valence-electron chi connectivity index (χ3n) is 3.77. The van der Waals surface area contributed by atoms with E-state index in [1.54, 1.807) is 0 Å². The van der Waals surface area contributed by atoms with Crippen molar-refractivity contribution >= 4 is 18.5 Å². The van der Waals surface area contributed by atoms with Gasteiger partial charge in [-0.2, -0.15) is 0 Å². The first-order valence-corrected chi connectivity index (χ1v) is 7.53. The number of nitrogens with zero attached hydrogens (tertiary/aromatic N) is 1. The topological polar surface area (TPSA) is 32.3 Å². The van der Waals surface area contributed by atoms with Crippen LogP contribution in [0.5, 0.6) is 0 Å². The van der Waals surface area contributed by atoms with E-state index in [0.717, 1.165) is 13.1 Å². The lowest BCUT2D eigenvalue weighted by atomic mass is 10.1. The van der Waals surface area contributed by atoms with E-state index in [4.69, 9.17) is 0 Å². The number of nitrogens with one attached hydrogen (secondary N) is 1. The largest absolute Gasteiger partial charge is 0.350 e. The minimum Gasteiger partial charge on any atom is -0.350 e. The fraction of sp³-hybridized carbons (Fsp3) is 0.533. The van der Waals surface area contributed by atoms with Crippen molar-refractivity contribution in [2.75, 3.05) is 19.6 Å². The quantitative estimate of drug-likeness (QED) is 0.837. The highest BCUT2D eigenvalue weighted by Gasteiger charge is 2.18. The standard InChI is InChI=1S/C15H21FN2OS/c1-11(18-7-3-2-4-8-18)10-17-15(19)13-9-12(20)5-6-14(13)16/h5-6,9,11,20H,2-4,7-8,10H2,1H3,(H,17,19). The van der Waals surface area contributed by atoms with Gasteiger partial charge in [0.2, 0.25) is 0 Å². The van der Waals surface area contributed by atoms with E-state index >= 15 is 0 Å². The zero-order valence-corrected chi connectivity index (χ0v) is 12.6. The van der Waals surface area contributed by atoms with E-state index in [-0.39, 0.29) is 17.5 Å². The zero-order valence-electron chi connectivity index (χ0n) is 11.7. The van der Waals surface area contributed by atoms with Crippen LogP contribution in [0.4, 0.5) is 4.39 Å². The number of hydrogen-bond acceptors (Lipinski definition) is 3. The van der Waals surface area contributed by atoms with Gasteiger partial charge in [0, 0.05) is 17.5 Å². The molecule has 1 saturated heterocycles. The van der Waals surface area contributed by atoms with Crippen LogP contribution in [0.1, 0.15) is 36.5 Å². The molecule has 0 aromatic heterocycles. The van der Waals surface area contributed by atoms with Crippen LogP contribution in [0.3, 0.4) is 0 Å². The first kappa shape index (κ1) is 15.3. The summed E-state index contributed by atoms with van der Waals surface area (Å²) >= 11 is 4.13. The number of thiol groups is 1. The van der Waals surface area contributed by atoms with Crippen LogP contribution in [0.15, 0.2) is 23.1 Å². The minimum absolute atomic E-state index is 0.0587. The van der Waals surface area contributed by atoms with Crippen LogP contribution in [-0.4, -0.2) is 36.5 Å². The fourth-order valence-electron chi connectivity index (χ4n) is 2.51. The molecular weight excluding hydrogens is 275 g/mol. The van der Waals surface area contributed by atoms with Crippen molar-refractivity contribution in [3.63, 3.8) is 0 Å². The van der Waals surface area contributed by atoms with Gasteiger partial charge in [0.25, 0.3) is 5.91 Å². The van der Waals surface area contributed by atoms with Gasteiger partial charge < -0.3 is 5.32 Å². The third kappa shape index (κ3) is 3.96. The van der Waals surface area contributed by atoms with Crippen molar-refractivity contribution in [2.45, 2.75) is 37.1 Å². The van der Waals surface area contributed by atoms with Gasteiger partial charge in [-0.05, 0) is 51.1 Å². The summed E-state index contributed by atoms with van der Waals surface area (Å²) in [6.07, 6.45) is 3.72. The molecular formula is C15H21FN2OS. The summed E-state index contributed by atoms with van der Waals surface area (Å²) in [6.45, 7) is 4.79. The van der Waals surface area contributed by atoms with Gasteiger partial charge in [-0.3, -0.25) is 9.69 Å². The molecule has 20 heavy (non-hydrogen) atoms. The number of hydrogen-bond donors (Lipinski definition) is 2. The number of piperidine rings is 1. The zero-order chi connectivity index (χ0) is 14.5. The first-order chi connectivity index (χ1) is 9.58. The molecule has 1 amide bonds. The monoisotopic (exact) mass is 296 g/mol. The molecule has 2 rings (SSSR count). The SMILES string of the molecule is CC(CNC(=O)c1cc(S)ccc1F)N1CCCCC1. The normalized spacial score (nSPS) is 17.8. The molecule has 1 N–H and O–H groups in total. The summed E-state index contributed by atoms with van der Waals surface area (Å²) in [5, 5.41) is 2.81. The molecule has 1 heterocycles. The molecule has 1 aliphatic rings. The van der Waals surface area contributed by atoms with E-state index in [1.807, 2.05) is 0 Å². The molecule has 1 unspecified atom stereocenters. The molecule has 0 aliphatic carbocycles. The smallest absolute Gasteiger partial charge is 0.254 e. The first-order valence-electron chi connectivity index (χ1n) is 7.08. The van der Waals surface area contributed by atoms with Crippen molar-refractivity contribution < 1.29 is 9.18 Å². The molecule has 3 nitrogen and oxygen atoms in total. The predicted molar refractivity (Wildman–Crippen MR) is 80.9 cm³/mol. The lowest BCUT2D eigenvalue weighted by Crippen LogP contribution is -2.44. The maximum absolute atomic E-state index is 13.6. The van der Waals surface area contributed by atoms with Gasteiger partial charge in [-0.15, -0.1) is 12.6 Å². The van der Waals surface area contributed by atoms with E-state index < -0.39 is 5.82 Å². The Bertz CT molecular complexity index is 475. The van der Waals surface area contributed by atoms with Gasteiger partial charge in [-0.1, -0.05) is 6.42 Å². The summed E-state index contributed by atoms with van der Waals surface area (Å²) in [6, 6.07) is 4.54. The van der Waals surface area contributed by atoms with E-state index in [1.165, 1.54) is 37.5 Å². The average molecular weight is 296 g/mol. The van der Waals surface area contributed by atoms with Gasteiger partial charge >= 0.3 is 0 Å². The van der Waals surface area contributed by atoms with Gasteiger partial charge in [0.15, 0.2) is 0 Å². The van der Waals surface area contributed by atoms with Crippen molar-refractivity contribution in [2.24, 2.45) is 0 Å². The van der Waals surface area contributed by atoms with Crippen LogP contribution in [-0.2, 0) is 0 Å². The molecule has 0 saturated carbocycles. The Morgan fingerprint density at radius 1 is 1.40 bits per heavy atom. The third-order valence-corrected chi connectivity index (χ3v) is 4.04. The number of carbonyl (C=O) groups excluding carboxylic acids is 1. The Balaban J connectivity index is 1.89. The summed E-state index contributed by atoms with van der Waals surface area (Å²) in [7, 11) is 0. The van der Waals surface area contributed by atoms with E-state index in [2.05, 4.69) is 29.8 Å². The van der Waals surface area contributed by atoms with E-state index in [9.17, 15) is 9.18 Å². The second-order valence-electron chi connectivity index (χ2n) is 5.32. The summed E-state index contributed by atoms with van der Waals surface area (Å²) < 4.78 is 13.6. The molecule has 1 aromatic rings. The van der Waals surface area contributed by atoms with Crippen molar-refractivity contribution in [1.82, 2.24) is 10.2 Å². The fourth-order valence-corrected chi connectivity index (χ4v) is 2.71. The van der Waals surface area contributed by atoms with Crippen LogP contribution in [0.2, 0.25) is 0 Å². The minimum atomic E-state index is -0.508. The van der Waals surface area contributed by atoms with Crippen molar-refractivity contribution in [3.8, 4) is 0 Å². The Kier molecular flexibility index (Phi) is 5.43. The van der Waals surface area contributed by atoms with Crippen molar-refractivity contribution in [1.29, 1.82) is 0 Å². The lowest BCUT2D eigenvalue weighted by molar-refractivity contribution is 0.0925. The number of likely N-dealkylation sites (tertiary alicyclic amines) is 1. The maximum atomic E-state index is 13.6. The number of rotatable bonds is 4. The van der Waals surface area contributed by atoms with Crippen LogP contribution in [0, 0.1) is 5.82 Å². The molecule has 0 spiro atoms. The molecule has 5 heteroatoms. The second kappa shape index (κ2) is 7.09. The van der Waals surface area contributed by atoms with Gasteiger partial charge in [0.1, 0.15) is 5.82 Å². The van der Waals surface area contributed by atoms with Gasteiger partial charge in [-0.25, -0.2) is 4.39 Å². The highest BCUT2D eigenvalue weighted by molar-refractivity contribution is 7.80. The second-order valence-corrected chi connectivity index (χ2v) is 5.84. The van der Waals surface area contributed by atoms with Gasteiger partial charge in [0.05, 0.1) is 5.56 Å². The Labute approximate surface area is 125 Å². The maximum Gasteiger partial charge on any atom is 0.254 e. The number of benzene rings is 1. The summed E-state index contributed by atoms with van der Waals surface area (Å²) in [5.74, 6) is -0.881. The van der Waals surface area contributed by atoms with E-state index in [0.29, 0.717) is 11.4 Å². The summed E-state index contributed by atoms with van der Waals surface area (Å²) in [5.41, 5.74) is 0.0587. The molecule has 1 fully saturated rings. The Morgan fingerprint density at radius 3 is 2.80 bits per heavy atom. The number of amides is 1. The molecule has 1 aliphatic heterocycles. The molecule has 0 bridgehead atoms. The summed E-state index contributed by atoms with van der Waals surface area (Å²) in [4.78, 5) is 15.0. The van der Waals surface area contributed by atoms with Crippen molar-refractivity contribution in [3.05, 3.63) is 29.6 Å².